The summed E-state index contributed by atoms with van der Waals surface area (Å²) in [7, 11) is 0. The molecule has 0 amide bonds. The zero-order chi connectivity index (χ0) is 8.55. The highest BCUT2D eigenvalue weighted by molar-refractivity contribution is 5.67. The van der Waals surface area contributed by atoms with Gasteiger partial charge in [-0.2, -0.15) is 0 Å². The number of oxazole rings is 1. The molecular weight excluding hydrogens is 158 g/mol. The Labute approximate surface area is 67.2 Å². The molecule has 0 aliphatic rings. The van der Waals surface area contributed by atoms with Gasteiger partial charge in [-0.15, -0.1) is 0 Å². The van der Waals surface area contributed by atoms with E-state index in [0.29, 0.717) is 17.8 Å². The minimum atomic E-state index is -0.494. The van der Waals surface area contributed by atoms with E-state index in [1.165, 1.54) is 0 Å². The van der Waals surface area contributed by atoms with Crippen LogP contribution in [0.2, 0.25) is 0 Å². The molecule has 0 fully saturated rings. The Kier molecular flexibility index (Phi) is 1.44. The van der Waals surface area contributed by atoms with Gasteiger partial charge >= 0.3 is 5.76 Å². The Hall–Kier alpha value is -1.62. The van der Waals surface area contributed by atoms with E-state index in [4.69, 9.17) is 10.2 Å². The number of H-pyrrole nitrogens is 1. The quantitative estimate of drug-likeness (QED) is 0.621. The molecule has 2 aromatic rings. The van der Waals surface area contributed by atoms with Crippen molar-refractivity contribution in [1.29, 1.82) is 0 Å². The van der Waals surface area contributed by atoms with Gasteiger partial charge in [0.05, 0.1) is 0 Å². The monoisotopic (exact) mass is 165 g/mol. The predicted molar refractivity (Wildman–Crippen MR) is 42.5 cm³/mol. The third-order valence-electron chi connectivity index (χ3n) is 1.57. The highest BCUT2D eigenvalue weighted by Gasteiger charge is 2.01. The zero-order valence-electron chi connectivity index (χ0n) is 6.20. The van der Waals surface area contributed by atoms with Gasteiger partial charge in [0.25, 0.3) is 0 Å². The van der Waals surface area contributed by atoms with E-state index in [0.717, 1.165) is 5.56 Å². The lowest BCUT2D eigenvalue weighted by Crippen LogP contribution is -1.96. The lowest BCUT2D eigenvalue weighted by Gasteiger charge is -1.92. The molecule has 12 heavy (non-hydrogen) atoms. The van der Waals surface area contributed by atoms with Crippen LogP contribution in [0.15, 0.2) is 21.5 Å². The second-order valence-electron chi connectivity index (χ2n) is 2.41. The van der Waals surface area contributed by atoms with Gasteiger partial charge in [-0.3, -0.25) is 4.98 Å². The van der Waals surface area contributed by atoms with Crippen LogP contribution in [0.4, 0.5) is 0 Å². The molecule has 0 aromatic carbocycles. The largest absolute Gasteiger partial charge is 0.418 e. The Morgan fingerprint density at radius 1 is 1.67 bits per heavy atom. The normalized spacial score (nSPS) is 10.8. The summed E-state index contributed by atoms with van der Waals surface area (Å²) in [5.74, 6) is -0.494. The summed E-state index contributed by atoms with van der Waals surface area (Å²) < 4.78 is 4.78. The average Bonchev–Trinajstić information content (AvgIpc) is 2.43. The molecule has 2 heterocycles. The number of aromatic amines is 1. The fourth-order valence-electron chi connectivity index (χ4n) is 0.990. The third kappa shape index (κ3) is 0.998. The molecular formula is C7H7N3O2. The Morgan fingerprint density at radius 3 is 3.25 bits per heavy atom. The van der Waals surface area contributed by atoms with Crippen molar-refractivity contribution < 1.29 is 4.42 Å². The molecule has 5 nitrogen and oxygen atoms in total. The molecule has 0 unspecified atom stereocenters. The Bertz CT molecular complexity index is 457. The van der Waals surface area contributed by atoms with Crippen molar-refractivity contribution in [2.75, 3.05) is 0 Å². The van der Waals surface area contributed by atoms with Crippen molar-refractivity contribution in [2.45, 2.75) is 6.54 Å². The first-order chi connectivity index (χ1) is 5.79. The molecule has 2 aromatic heterocycles. The number of pyridine rings is 1. The summed E-state index contributed by atoms with van der Waals surface area (Å²) in [6.45, 7) is 0.387. The van der Waals surface area contributed by atoms with Gasteiger partial charge in [-0.25, -0.2) is 9.78 Å². The first-order valence-electron chi connectivity index (χ1n) is 3.47. The average molecular weight is 165 g/mol. The zero-order valence-corrected chi connectivity index (χ0v) is 6.20. The second kappa shape index (κ2) is 2.46. The van der Waals surface area contributed by atoms with Crippen molar-refractivity contribution in [3.8, 4) is 0 Å². The van der Waals surface area contributed by atoms with Crippen LogP contribution < -0.4 is 11.5 Å². The summed E-state index contributed by atoms with van der Waals surface area (Å²) >= 11 is 0. The third-order valence-corrected chi connectivity index (χ3v) is 1.57. The van der Waals surface area contributed by atoms with E-state index < -0.39 is 5.76 Å². The van der Waals surface area contributed by atoms with Gasteiger partial charge in [0.2, 0.25) is 0 Å². The molecule has 0 radical (unpaired) electrons. The number of aromatic nitrogens is 2. The van der Waals surface area contributed by atoms with Gasteiger partial charge in [0, 0.05) is 12.7 Å². The van der Waals surface area contributed by atoms with Crippen molar-refractivity contribution >= 4 is 11.2 Å². The van der Waals surface area contributed by atoms with Crippen molar-refractivity contribution in [2.24, 2.45) is 5.73 Å². The number of nitrogens with two attached hydrogens (primary N) is 1. The molecule has 0 aliphatic carbocycles. The fraction of sp³-hybridized carbons (Fsp3) is 0.143. The van der Waals surface area contributed by atoms with E-state index in [-0.39, 0.29) is 0 Å². The molecule has 0 saturated heterocycles. The van der Waals surface area contributed by atoms with Gasteiger partial charge in [0.1, 0.15) is 0 Å². The van der Waals surface area contributed by atoms with Gasteiger partial charge in [-0.05, 0) is 11.6 Å². The molecule has 5 heteroatoms. The second-order valence-corrected chi connectivity index (χ2v) is 2.41. The van der Waals surface area contributed by atoms with Gasteiger partial charge in [0.15, 0.2) is 11.2 Å². The van der Waals surface area contributed by atoms with Crippen LogP contribution in [0.1, 0.15) is 5.56 Å². The van der Waals surface area contributed by atoms with Crippen LogP contribution in [-0.4, -0.2) is 9.97 Å². The van der Waals surface area contributed by atoms with E-state index >= 15 is 0 Å². The molecule has 0 saturated carbocycles. The smallest absolute Gasteiger partial charge is 0.406 e. The number of nitrogens with one attached hydrogen (secondary N) is 1. The summed E-state index contributed by atoms with van der Waals surface area (Å²) in [6.07, 6.45) is 1.60. The van der Waals surface area contributed by atoms with Crippen LogP contribution in [0.5, 0.6) is 0 Å². The molecule has 3 N–H and O–H groups in total. The van der Waals surface area contributed by atoms with Crippen LogP contribution in [0.25, 0.3) is 11.2 Å². The van der Waals surface area contributed by atoms with Gasteiger partial charge in [-0.1, -0.05) is 0 Å². The SMILES string of the molecule is NCc1cnc2[nH]c(=O)oc2c1. The summed E-state index contributed by atoms with van der Waals surface area (Å²) in [6, 6.07) is 1.69. The summed E-state index contributed by atoms with van der Waals surface area (Å²) in [4.78, 5) is 17.1. The number of rotatable bonds is 1. The van der Waals surface area contributed by atoms with E-state index in [1.807, 2.05) is 0 Å². The highest BCUT2D eigenvalue weighted by Crippen LogP contribution is 2.07. The lowest BCUT2D eigenvalue weighted by molar-refractivity contribution is 0.555. The maximum absolute atomic E-state index is 10.7. The lowest BCUT2D eigenvalue weighted by atomic mass is 10.3. The number of hydrogen-bond acceptors (Lipinski definition) is 4. The fourth-order valence-corrected chi connectivity index (χ4v) is 0.990. The van der Waals surface area contributed by atoms with Crippen molar-refractivity contribution in [1.82, 2.24) is 9.97 Å². The van der Waals surface area contributed by atoms with Crippen LogP contribution >= 0.6 is 0 Å². The molecule has 0 bridgehead atoms. The molecule has 2 rings (SSSR count). The number of hydrogen-bond donors (Lipinski definition) is 2. The first-order valence-corrected chi connectivity index (χ1v) is 3.47. The maximum atomic E-state index is 10.7. The van der Waals surface area contributed by atoms with E-state index in [1.54, 1.807) is 12.3 Å². The molecule has 0 spiro atoms. The van der Waals surface area contributed by atoms with Crippen molar-refractivity contribution in [3.63, 3.8) is 0 Å². The minimum Gasteiger partial charge on any atom is -0.406 e. The Morgan fingerprint density at radius 2 is 2.50 bits per heavy atom. The van der Waals surface area contributed by atoms with Crippen LogP contribution in [0.3, 0.4) is 0 Å². The van der Waals surface area contributed by atoms with Crippen LogP contribution in [0, 0.1) is 0 Å². The topological polar surface area (TPSA) is 84.9 Å². The van der Waals surface area contributed by atoms with E-state index in [2.05, 4.69) is 9.97 Å². The molecule has 0 atom stereocenters. The highest BCUT2D eigenvalue weighted by atomic mass is 16.4. The summed E-state index contributed by atoms with van der Waals surface area (Å²) in [5.41, 5.74) is 7.12. The van der Waals surface area contributed by atoms with Crippen LogP contribution in [-0.2, 0) is 6.54 Å². The maximum Gasteiger partial charge on any atom is 0.418 e. The number of nitrogens with zero attached hydrogens (tertiary/aromatic N) is 1. The Balaban J connectivity index is 2.74. The number of fused-ring (bicyclic) bond motifs is 1. The molecule has 62 valence electrons. The molecule has 0 aliphatic heterocycles. The minimum absolute atomic E-state index is 0.387. The predicted octanol–water partition coefficient (Wildman–Crippen LogP) is -0.0252. The van der Waals surface area contributed by atoms with Crippen molar-refractivity contribution in [3.05, 3.63) is 28.4 Å². The standard InChI is InChI=1S/C7H7N3O2/c8-2-4-1-5-6(9-3-4)10-7(11)12-5/h1,3H,2,8H2,(H,9,10,11). The summed E-state index contributed by atoms with van der Waals surface area (Å²) in [5, 5.41) is 0. The van der Waals surface area contributed by atoms with E-state index in [9.17, 15) is 4.79 Å². The first kappa shape index (κ1) is 7.05. The van der Waals surface area contributed by atoms with Gasteiger partial charge < -0.3 is 10.2 Å².